The van der Waals surface area contributed by atoms with Crippen molar-refractivity contribution in [1.82, 2.24) is 0 Å². The lowest BCUT2D eigenvalue weighted by atomic mass is 9.77. The van der Waals surface area contributed by atoms with Crippen molar-refractivity contribution in [2.75, 3.05) is 11.9 Å². The Balaban J connectivity index is 1.66. The average molecular weight is 348 g/mol. The second-order valence-electron chi connectivity index (χ2n) is 6.67. The second kappa shape index (κ2) is 6.67. The third-order valence-electron chi connectivity index (χ3n) is 5.17. The van der Waals surface area contributed by atoms with E-state index in [0.717, 1.165) is 23.4 Å². The predicted molar refractivity (Wildman–Crippen MR) is 102 cm³/mol. The van der Waals surface area contributed by atoms with Crippen molar-refractivity contribution in [2.24, 2.45) is 5.92 Å². The van der Waals surface area contributed by atoms with Crippen LogP contribution in [0.15, 0.2) is 67.3 Å². The largest absolute Gasteiger partial charge is 0.490 e. The summed E-state index contributed by atoms with van der Waals surface area (Å²) < 4.78 is 5.68. The minimum Gasteiger partial charge on any atom is -0.490 e. The first kappa shape index (κ1) is 16.4. The first-order valence-corrected chi connectivity index (χ1v) is 8.72. The number of benzene rings is 2. The van der Waals surface area contributed by atoms with Gasteiger partial charge in [-0.3, -0.25) is 10.1 Å². The average Bonchev–Trinajstić information content (AvgIpc) is 3.16. The zero-order valence-electron chi connectivity index (χ0n) is 14.3. The molecular weight excluding hydrogens is 328 g/mol. The molecule has 0 spiro atoms. The van der Waals surface area contributed by atoms with Crippen LogP contribution in [0.25, 0.3) is 0 Å². The topological polar surface area (TPSA) is 64.4 Å². The molecule has 1 heterocycles. The lowest BCUT2D eigenvalue weighted by molar-refractivity contribution is -0.384. The molecule has 1 aliphatic heterocycles. The van der Waals surface area contributed by atoms with Crippen LogP contribution in [-0.4, -0.2) is 11.5 Å². The Morgan fingerprint density at radius 1 is 1.27 bits per heavy atom. The maximum atomic E-state index is 10.9. The molecule has 3 atom stereocenters. The number of anilines is 1. The van der Waals surface area contributed by atoms with E-state index in [1.807, 2.05) is 18.2 Å². The smallest absolute Gasteiger partial charge is 0.269 e. The van der Waals surface area contributed by atoms with E-state index in [2.05, 4.69) is 36.2 Å². The van der Waals surface area contributed by atoms with E-state index in [0.29, 0.717) is 18.4 Å². The molecule has 26 heavy (non-hydrogen) atoms. The third kappa shape index (κ3) is 2.86. The zero-order valence-corrected chi connectivity index (χ0v) is 14.3. The van der Waals surface area contributed by atoms with Crippen LogP contribution < -0.4 is 10.1 Å². The van der Waals surface area contributed by atoms with E-state index in [1.54, 1.807) is 18.2 Å². The fourth-order valence-corrected chi connectivity index (χ4v) is 3.95. The number of nitrogens with zero attached hydrogens (tertiary/aromatic N) is 1. The first-order chi connectivity index (χ1) is 12.7. The van der Waals surface area contributed by atoms with Gasteiger partial charge in [-0.15, -0.1) is 0 Å². The number of nitrogens with one attached hydrogen (secondary N) is 1. The van der Waals surface area contributed by atoms with E-state index in [-0.39, 0.29) is 16.7 Å². The summed E-state index contributed by atoms with van der Waals surface area (Å²) in [5.74, 6) is 1.55. The van der Waals surface area contributed by atoms with Crippen LogP contribution in [0.5, 0.6) is 5.75 Å². The number of ether oxygens (including phenoxy) is 1. The van der Waals surface area contributed by atoms with Crippen LogP contribution in [-0.2, 0) is 0 Å². The fourth-order valence-electron chi connectivity index (χ4n) is 3.95. The third-order valence-corrected chi connectivity index (χ3v) is 5.17. The summed E-state index contributed by atoms with van der Waals surface area (Å²) in [6.45, 7) is 4.17. The van der Waals surface area contributed by atoms with E-state index in [9.17, 15) is 10.1 Å². The summed E-state index contributed by atoms with van der Waals surface area (Å²) in [6.07, 6.45) is 7.21. The highest BCUT2D eigenvalue weighted by molar-refractivity contribution is 5.62. The molecule has 1 aliphatic carbocycles. The highest BCUT2D eigenvalue weighted by Gasteiger charge is 2.38. The normalized spacial score (nSPS) is 22.8. The molecule has 2 aromatic rings. The van der Waals surface area contributed by atoms with Gasteiger partial charge in [0.15, 0.2) is 0 Å². The van der Waals surface area contributed by atoms with Crippen LogP contribution in [0.3, 0.4) is 0 Å². The SMILES string of the molecule is C=CCOc1ccc2c(c1)C1C=CCC1C(c1ccc([N+](=O)[O-])cc1)N2. The highest BCUT2D eigenvalue weighted by Crippen LogP contribution is 2.50. The summed E-state index contributed by atoms with van der Waals surface area (Å²) in [5.41, 5.74) is 3.53. The molecule has 5 heteroatoms. The van der Waals surface area contributed by atoms with Crippen molar-refractivity contribution in [1.29, 1.82) is 0 Å². The molecule has 3 unspecified atom stereocenters. The van der Waals surface area contributed by atoms with Crippen molar-refractivity contribution >= 4 is 11.4 Å². The predicted octanol–water partition coefficient (Wildman–Crippen LogP) is 4.99. The minimum absolute atomic E-state index is 0.120. The molecule has 1 N–H and O–H groups in total. The fraction of sp³-hybridized carbons (Fsp3) is 0.238. The van der Waals surface area contributed by atoms with Gasteiger partial charge in [0.25, 0.3) is 5.69 Å². The van der Waals surface area contributed by atoms with Gasteiger partial charge in [-0.05, 0) is 41.7 Å². The summed E-state index contributed by atoms with van der Waals surface area (Å²) >= 11 is 0. The molecule has 0 saturated carbocycles. The quantitative estimate of drug-likeness (QED) is 0.470. The van der Waals surface area contributed by atoms with Crippen LogP contribution in [0.4, 0.5) is 11.4 Å². The van der Waals surface area contributed by atoms with Gasteiger partial charge < -0.3 is 10.1 Å². The zero-order chi connectivity index (χ0) is 18.1. The number of rotatable bonds is 5. The van der Waals surface area contributed by atoms with Gasteiger partial charge in [-0.25, -0.2) is 0 Å². The molecule has 0 aromatic heterocycles. The first-order valence-electron chi connectivity index (χ1n) is 8.72. The van der Waals surface area contributed by atoms with Gasteiger partial charge in [0.1, 0.15) is 12.4 Å². The minimum atomic E-state index is -0.363. The molecule has 2 aliphatic rings. The van der Waals surface area contributed by atoms with Gasteiger partial charge in [-0.2, -0.15) is 0 Å². The van der Waals surface area contributed by atoms with Gasteiger partial charge in [0.05, 0.1) is 11.0 Å². The van der Waals surface area contributed by atoms with Crippen molar-refractivity contribution in [3.63, 3.8) is 0 Å². The Morgan fingerprint density at radius 2 is 2.08 bits per heavy atom. The summed E-state index contributed by atoms with van der Waals surface area (Å²) in [6, 6.07) is 13.1. The maximum absolute atomic E-state index is 10.9. The number of hydrogen-bond donors (Lipinski definition) is 1. The molecule has 4 rings (SSSR count). The number of non-ortho nitro benzene ring substituents is 1. The summed E-state index contributed by atoms with van der Waals surface area (Å²) in [4.78, 5) is 10.5. The lowest BCUT2D eigenvalue weighted by Gasteiger charge is -2.37. The van der Waals surface area contributed by atoms with Crippen LogP contribution >= 0.6 is 0 Å². The van der Waals surface area contributed by atoms with Gasteiger partial charge in [0.2, 0.25) is 0 Å². The van der Waals surface area contributed by atoms with Crippen LogP contribution in [0, 0.1) is 16.0 Å². The highest BCUT2D eigenvalue weighted by atomic mass is 16.6. The van der Waals surface area contributed by atoms with E-state index in [4.69, 9.17) is 4.74 Å². The van der Waals surface area contributed by atoms with Crippen molar-refractivity contribution in [3.05, 3.63) is 88.5 Å². The van der Waals surface area contributed by atoms with Gasteiger partial charge in [-0.1, -0.05) is 36.9 Å². The summed E-state index contributed by atoms with van der Waals surface area (Å²) in [7, 11) is 0. The van der Waals surface area contributed by atoms with Crippen molar-refractivity contribution < 1.29 is 9.66 Å². The number of allylic oxidation sites excluding steroid dienone is 2. The molecule has 0 amide bonds. The van der Waals surface area contributed by atoms with E-state index >= 15 is 0 Å². The monoisotopic (exact) mass is 348 g/mol. The Hall–Kier alpha value is -3.08. The van der Waals surface area contributed by atoms with Crippen molar-refractivity contribution in [2.45, 2.75) is 18.4 Å². The lowest BCUT2D eigenvalue weighted by Crippen LogP contribution is -2.29. The second-order valence-corrected chi connectivity index (χ2v) is 6.67. The van der Waals surface area contributed by atoms with Crippen molar-refractivity contribution in [3.8, 4) is 5.75 Å². The van der Waals surface area contributed by atoms with Crippen LogP contribution in [0.2, 0.25) is 0 Å². The molecule has 0 saturated heterocycles. The van der Waals surface area contributed by atoms with Gasteiger partial charge >= 0.3 is 0 Å². The Morgan fingerprint density at radius 3 is 2.81 bits per heavy atom. The number of nitro benzene ring substituents is 1. The molecular formula is C21H20N2O3. The van der Waals surface area contributed by atoms with E-state index in [1.165, 1.54) is 5.56 Å². The number of hydrogen-bond acceptors (Lipinski definition) is 4. The molecule has 132 valence electrons. The Bertz CT molecular complexity index is 873. The number of fused-ring (bicyclic) bond motifs is 3. The van der Waals surface area contributed by atoms with E-state index < -0.39 is 0 Å². The number of nitro groups is 1. The molecule has 5 nitrogen and oxygen atoms in total. The molecule has 2 aromatic carbocycles. The van der Waals surface area contributed by atoms with Gasteiger partial charge in [0, 0.05) is 23.7 Å². The molecule has 0 fully saturated rings. The maximum Gasteiger partial charge on any atom is 0.269 e. The Kier molecular flexibility index (Phi) is 4.21. The Labute approximate surface area is 152 Å². The molecule has 0 radical (unpaired) electrons. The van der Waals surface area contributed by atoms with Crippen LogP contribution in [0.1, 0.15) is 29.5 Å². The standard InChI is InChI=1S/C21H20N2O3/c1-2-12-26-16-10-11-20-19(13-16)17-4-3-5-18(17)21(22-20)14-6-8-15(9-7-14)23(24)25/h2-4,6-11,13,17-18,21-22H,1,5,12H2. The summed E-state index contributed by atoms with van der Waals surface area (Å²) in [5, 5.41) is 14.5. The molecule has 0 bridgehead atoms.